The smallest absolute Gasteiger partial charge is 0.306 e. The van der Waals surface area contributed by atoms with Crippen molar-refractivity contribution in [2.24, 2.45) is 5.41 Å². The van der Waals surface area contributed by atoms with Gasteiger partial charge in [-0.3, -0.25) is 4.79 Å². The highest BCUT2D eigenvalue weighted by atomic mass is 28.3. The first-order valence-corrected chi connectivity index (χ1v) is 16.6. The molecule has 0 amide bonds. The zero-order valence-corrected chi connectivity index (χ0v) is 23.1. The van der Waals surface area contributed by atoms with Crippen molar-refractivity contribution in [2.45, 2.75) is 58.1 Å². The Morgan fingerprint density at radius 2 is 2.09 bits per heavy atom. The van der Waals surface area contributed by atoms with E-state index < -0.39 is 8.07 Å². The molecule has 0 unspecified atom stereocenters. The fraction of sp³-hybridized carbons (Fsp3) is 0.630. The maximum atomic E-state index is 12.3. The van der Waals surface area contributed by atoms with Crippen LogP contribution in [-0.2, 0) is 21.0 Å². The van der Waals surface area contributed by atoms with Crippen molar-refractivity contribution in [1.29, 1.82) is 0 Å². The highest BCUT2D eigenvalue weighted by Gasteiger charge is 2.45. The van der Waals surface area contributed by atoms with Gasteiger partial charge in [0, 0.05) is 69.6 Å². The van der Waals surface area contributed by atoms with E-state index in [1.807, 2.05) is 6.20 Å². The van der Waals surface area contributed by atoms with E-state index in [2.05, 4.69) is 65.6 Å². The molecule has 1 atom stereocenters. The summed E-state index contributed by atoms with van der Waals surface area (Å²) in [5.41, 5.74) is 3.74. The van der Waals surface area contributed by atoms with Crippen LogP contribution in [0.25, 0.3) is 11.4 Å². The van der Waals surface area contributed by atoms with E-state index >= 15 is 0 Å². The van der Waals surface area contributed by atoms with E-state index in [-0.39, 0.29) is 11.9 Å². The van der Waals surface area contributed by atoms with Gasteiger partial charge in [-0.05, 0) is 37.6 Å². The maximum Gasteiger partial charge on any atom is 0.306 e. The van der Waals surface area contributed by atoms with E-state index in [4.69, 9.17) is 14.5 Å². The molecule has 3 heterocycles. The predicted octanol–water partition coefficient (Wildman–Crippen LogP) is 4.11. The van der Waals surface area contributed by atoms with Crippen LogP contribution in [0.15, 0.2) is 30.5 Å². The highest BCUT2D eigenvalue weighted by molar-refractivity contribution is 6.76. The second kappa shape index (κ2) is 10.9. The van der Waals surface area contributed by atoms with Crippen molar-refractivity contribution in [3.63, 3.8) is 0 Å². The summed E-state index contributed by atoms with van der Waals surface area (Å²) in [7, 11) is 0.347. The number of hydrogen-bond donors (Lipinski definition) is 1. The largest absolute Gasteiger partial charge is 0.469 e. The average molecular weight is 499 g/mol. The number of nitrogens with one attached hydrogen (secondary N) is 1. The van der Waals surface area contributed by atoms with E-state index in [9.17, 15) is 4.79 Å². The van der Waals surface area contributed by atoms with Crippen molar-refractivity contribution < 1.29 is 14.3 Å². The molecule has 1 spiro atoms. The fourth-order valence-corrected chi connectivity index (χ4v) is 6.06. The van der Waals surface area contributed by atoms with Gasteiger partial charge in [0.1, 0.15) is 12.6 Å². The molecule has 1 aromatic carbocycles. The van der Waals surface area contributed by atoms with Gasteiger partial charge < -0.3 is 24.3 Å². The molecule has 2 fully saturated rings. The zero-order chi connectivity index (χ0) is 25.1. The Morgan fingerprint density at radius 1 is 1.29 bits per heavy atom. The minimum Gasteiger partial charge on any atom is -0.469 e. The Kier molecular flexibility index (Phi) is 8.15. The van der Waals surface area contributed by atoms with Gasteiger partial charge in [0.05, 0.1) is 13.5 Å². The number of likely N-dealkylation sites (tertiary alicyclic amines) is 1. The van der Waals surface area contributed by atoms with Gasteiger partial charge in [-0.15, -0.1) is 0 Å². The third kappa shape index (κ3) is 6.61. The lowest BCUT2D eigenvalue weighted by molar-refractivity contribution is -0.141. The monoisotopic (exact) mass is 498 g/mol. The molecule has 4 rings (SSSR count). The fourth-order valence-electron chi connectivity index (χ4n) is 5.30. The summed E-state index contributed by atoms with van der Waals surface area (Å²) < 4.78 is 13.2. The Hall–Kier alpha value is -2.00. The molecule has 2 aliphatic rings. The summed E-state index contributed by atoms with van der Waals surface area (Å²) in [5.74, 6) is 0.840. The van der Waals surface area contributed by atoms with Gasteiger partial charge >= 0.3 is 5.97 Å². The number of carbonyl (C=O) groups is 1. The maximum absolute atomic E-state index is 12.3. The van der Waals surface area contributed by atoms with E-state index in [1.165, 1.54) is 13.5 Å². The summed E-state index contributed by atoms with van der Waals surface area (Å²) in [6.45, 7) is 15.8. The normalized spacial score (nSPS) is 18.5. The number of esters is 1. The first-order chi connectivity index (χ1) is 16.7. The number of benzene rings is 1. The lowest BCUT2D eigenvalue weighted by atomic mass is 9.78. The lowest BCUT2D eigenvalue weighted by Gasteiger charge is -2.49. The summed E-state index contributed by atoms with van der Waals surface area (Å²) in [4.78, 5) is 19.5. The molecule has 1 aromatic heterocycles. The van der Waals surface area contributed by atoms with Gasteiger partial charge in [0.2, 0.25) is 0 Å². The van der Waals surface area contributed by atoms with E-state index in [0.717, 1.165) is 68.0 Å². The van der Waals surface area contributed by atoms with Crippen LogP contribution in [-0.4, -0.2) is 74.9 Å². The Labute approximate surface area is 211 Å². The first kappa shape index (κ1) is 26.1. The van der Waals surface area contributed by atoms with Gasteiger partial charge in [-0.25, -0.2) is 4.98 Å². The molecule has 8 heteroatoms. The van der Waals surface area contributed by atoms with Crippen LogP contribution in [0.5, 0.6) is 0 Å². The minimum absolute atomic E-state index is 0.0895. The van der Waals surface area contributed by atoms with Crippen LogP contribution in [0.3, 0.4) is 0 Å². The van der Waals surface area contributed by atoms with Crippen molar-refractivity contribution >= 4 is 14.0 Å². The molecule has 2 saturated heterocycles. The zero-order valence-electron chi connectivity index (χ0n) is 22.1. The molecule has 2 aliphatic heterocycles. The predicted molar refractivity (Wildman–Crippen MR) is 142 cm³/mol. The van der Waals surface area contributed by atoms with Gasteiger partial charge in [-0.1, -0.05) is 37.8 Å². The van der Waals surface area contributed by atoms with Crippen molar-refractivity contribution in [2.75, 3.05) is 46.4 Å². The third-order valence-electron chi connectivity index (χ3n) is 7.46. The Balaban J connectivity index is 1.48. The topological polar surface area (TPSA) is 68.6 Å². The second-order valence-electron chi connectivity index (χ2n) is 11.7. The number of imidazole rings is 1. The molecule has 0 aliphatic carbocycles. The number of methoxy groups -OCH3 is 1. The van der Waals surface area contributed by atoms with Crippen LogP contribution in [0.2, 0.25) is 25.7 Å². The van der Waals surface area contributed by atoms with Gasteiger partial charge in [0.15, 0.2) is 0 Å². The first-order valence-electron chi connectivity index (χ1n) is 12.9. The molecule has 0 saturated carbocycles. The van der Waals surface area contributed by atoms with Gasteiger partial charge in [-0.2, -0.15) is 0 Å². The van der Waals surface area contributed by atoms with Crippen LogP contribution >= 0.6 is 0 Å². The van der Waals surface area contributed by atoms with Crippen molar-refractivity contribution in [3.8, 4) is 11.4 Å². The number of aromatic nitrogens is 2. The average Bonchev–Trinajstić information content (AvgIpc) is 3.42. The van der Waals surface area contributed by atoms with Crippen molar-refractivity contribution in [3.05, 3.63) is 41.7 Å². The quantitative estimate of drug-likeness (QED) is 0.286. The van der Waals surface area contributed by atoms with Gasteiger partial charge in [0.25, 0.3) is 0 Å². The second-order valence-corrected chi connectivity index (χ2v) is 17.3. The number of aryl methyl sites for hydroxylation is 1. The molecule has 0 bridgehead atoms. The summed E-state index contributed by atoms with van der Waals surface area (Å²) in [6.07, 6.45) is 3.54. The van der Waals surface area contributed by atoms with Crippen LogP contribution in [0, 0.1) is 12.3 Å². The number of ether oxygens (including phenoxy) is 2. The van der Waals surface area contributed by atoms with Crippen LogP contribution in [0.4, 0.5) is 0 Å². The standard InChI is InChI=1S/C27H42N4O3Si/c1-21-15-29-26(31(21)20-34-11-12-35(3,4)5)23-8-6-7-22(13-23)24(14-25(32)33-2)16-30-18-27(19-30)9-10-28-17-27/h6-8,13,15,24,28H,9-12,14,16-20H2,1-5H3/t24-/m1/s1. The SMILES string of the molecule is COC(=O)C[C@H](CN1CC2(CCNC2)C1)c1cccc(-c2ncc(C)n2COCC[Si](C)(C)C)c1. The highest BCUT2D eigenvalue weighted by Crippen LogP contribution is 2.38. The molecule has 192 valence electrons. The van der Waals surface area contributed by atoms with E-state index in [1.54, 1.807) is 0 Å². The summed E-state index contributed by atoms with van der Waals surface area (Å²) in [6, 6.07) is 9.65. The summed E-state index contributed by atoms with van der Waals surface area (Å²) >= 11 is 0. The van der Waals surface area contributed by atoms with Crippen LogP contribution in [0.1, 0.15) is 30.0 Å². The molecule has 2 aromatic rings. The Bertz CT molecular complexity index is 1000. The molecule has 35 heavy (non-hydrogen) atoms. The van der Waals surface area contributed by atoms with E-state index in [0.29, 0.717) is 18.6 Å². The number of nitrogens with zero attached hydrogens (tertiary/aromatic N) is 3. The molecule has 1 N–H and O–H groups in total. The molecular formula is C27H42N4O3Si. The number of carbonyl (C=O) groups excluding carboxylic acids is 1. The molecular weight excluding hydrogens is 456 g/mol. The molecule has 0 radical (unpaired) electrons. The Morgan fingerprint density at radius 3 is 2.77 bits per heavy atom. The molecule has 7 nitrogen and oxygen atoms in total. The summed E-state index contributed by atoms with van der Waals surface area (Å²) in [5, 5.41) is 3.50. The number of rotatable bonds is 11. The lowest BCUT2D eigenvalue weighted by Crippen LogP contribution is -2.58. The van der Waals surface area contributed by atoms with Crippen LogP contribution < -0.4 is 5.32 Å². The minimum atomic E-state index is -1.13. The third-order valence-corrected chi connectivity index (χ3v) is 9.16. The number of hydrogen-bond acceptors (Lipinski definition) is 6. The van der Waals surface area contributed by atoms with Crippen molar-refractivity contribution in [1.82, 2.24) is 19.8 Å².